The zero-order valence-corrected chi connectivity index (χ0v) is 11.9. The van der Waals surface area contributed by atoms with Crippen LogP contribution in [0.25, 0.3) is 0 Å². The molecule has 1 amide bonds. The summed E-state index contributed by atoms with van der Waals surface area (Å²) in [6.45, 7) is 3.75. The molecule has 1 aromatic carbocycles. The van der Waals surface area contributed by atoms with Gasteiger partial charge in [-0.3, -0.25) is 9.00 Å². The summed E-state index contributed by atoms with van der Waals surface area (Å²) in [6.07, 6.45) is 0.729. The summed E-state index contributed by atoms with van der Waals surface area (Å²) in [5.74, 6) is -0.344. The van der Waals surface area contributed by atoms with Crippen molar-refractivity contribution in [2.75, 3.05) is 16.8 Å². The maximum absolute atomic E-state index is 13.4. The SMILES string of the molecule is CC(C)S(=O)CCCC(=O)Nc1cc(N)ccc1F. The van der Waals surface area contributed by atoms with E-state index in [0.29, 0.717) is 17.9 Å². The van der Waals surface area contributed by atoms with Gasteiger partial charge < -0.3 is 11.1 Å². The molecule has 3 N–H and O–H groups in total. The lowest BCUT2D eigenvalue weighted by Crippen LogP contribution is -2.15. The van der Waals surface area contributed by atoms with Gasteiger partial charge in [-0.1, -0.05) is 13.8 Å². The Morgan fingerprint density at radius 2 is 2.16 bits per heavy atom. The minimum absolute atomic E-state index is 0.0787. The highest BCUT2D eigenvalue weighted by Gasteiger charge is 2.09. The van der Waals surface area contributed by atoms with Crippen LogP contribution in [0.4, 0.5) is 15.8 Å². The van der Waals surface area contributed by atoms with Crippen molar-refractivity contribution < 1.29 is 13.4 Å². The van der Waals surface area contributed by atoms with Crippen LogP contribution in [0.15, 0.2) is 18.2 Å². The number of rotatable bonds is 6. The van der Waals surface area contributed by atoms with Gasteiger partial charge >= 0.3 is 0 Å². The summed E-state index contributed by atoms with van der Waals surface area (Å²) in [5, 5.41) is 2.55. The molecule has 0 aromatic heterocycles. The van der Waals surface area contributed by atoms with E-state index >= 15 is 0 Å². The molecule has 0 saturated carbocycles. The third-order valence-electron chi connectivity index (χ3n) is 2.54. The van der Waals surface area contributed by atoms with Gasteiger partial charge in [0.05, 0.1) is 5.69 Å². The lowest BCUT2D eigenvalue weighted by molar-refractivity contribution is -0.116. The molecule has 0 saturated heterocycles. The molecule has 1 rings (SSSR count). The Labute approximate surface area is 115 Å². The Morgan fingerprint density at radius 3 is 2.79 bits per heavy atom. The van der Waals surface area contributed by atoms with Gasteiger partial charge in [-0.25, -0.2) is 4.39 Å². The van der Waals surface area contributed by atoms with Gasteiger partial charge in [0, 0.05) is 33.9 Å². The van der Waals surface area contributed by atoms with Crippen LogP contribution in [-0.4, -0.2) is 21.1 Å². The number of carbonyl (C=O) groups is 1. The van der Waals surface area contributed by atoms with Crippen molar-refractivity contribution >= 4 is 28.1 Å². The van der Waals surface area contributed by atoms with Crippen molar-refractivity contribution in [2.24, 2.45) is 0 Å². The van der Waals surface area contributed by atoms with Crippen molar-refractivity contribution in [1.29, 1.82) is 0 Å². The first-order valence-corrected chi connectivity index (χ1v) is 7.50. The van der Waals surface area contributed by atoms with Crippen LogP contribution in [-0.2, 0) is 15.6 Å². The summed E-state index contributed by atoms with van der Waals surface area (Å²) < 4.78 is 24.9. The highest BCUT2D eigenvalue weighted by atomic mass is 32.2. The number of hydrogen-bond acceptors (Lipinski definition) is 3. The molecule has 0 aliphatic heterocycles. The number of hydrogen-bond donors (Lipinski definition) is 2. The first kappa shape index (κ1) is 15.6. The highest BCUT2D eigenvalue weighted by molar-refractivity contribution is 7.85. The van der Waals surface area contributed by atoms with E-state index in [1.54, 1.807) is 0 Å². The van der Waals surface area contributed by atoms with E-state index in [1.807, 2.05) is 13.8 Å². The second kappa shape index (κ2) is 7.23. The van der Waals surface area contributed by atoms with Crippen LogP contribution in [0.1, 0.15) is 26.7 Å². The Balaban J connectivity index is 2.43. The maximum atomic E-state index is 13.4. The Bertz CT molecular complexity index is 478. The summed E-state index contributed by atoms with van der Waals surface area (Å²) in [6, 6.07) is 4.01. The molecule has 0 heterocycles. The second-order valence-corrected chi connectivity index (χ2v) is 6.64. The number of anilines is 2. The van der Waals surface area contributed by atoms with Crippen LogP contribution in [0.5, 0.6) is 0 Å². The Kier molecular flexibility index (Phi) is 5.95. The molecule has 19 heavy (non-hydrogen) atoms. The second-order valence-electron chi connectivity index (χ2n) is 4.52. The van der Waals surface area contributed by atoms with E-state index in [4.69, 9.17) is 5.73 Å². The van der Waals surface area contributed by atoms with E-state index in [-0.39, 0.29) is 23.3 Å². The fraction of sp³-hybridized carbons (Fsp3) is 0.462. The number of halogens is 1. The third-order valence-corrected chi connectivity index (χ3v) is 4.28. The summed E-state index contributed by atoms with van der Waals surface area (Å²) >= 11 is 0. The quantitative estimate of drug-likeness (QED) is 0.788. The summed E-state index contributed by atoms with van der Waals surface area (Å²) in [4.78, 5) is 11.6. The fourth-order valence-corrected chi connectivity index (χ4v) is 2.36. The van der Waals surface area contributed by atoms with Gasteiger partial charge in [-0.05, 0) is 24.6 Å². The van der Waals surface area contributed by atoms with Gasteiger partial charge in [0.15, 0.2) is 0 Å². The number of amides is 1. The van der Waals surface area contributed by atoms with Crippen LogP contribution < -0.4 is 11.1 Å². The molecule has 0 spiro atoms. The van der Waals surface area contributed by atoms with Crippen LogP contribution >= 0.6 is 0 Å². The maximum Gasteiger partial charge on any atom is 0.224 e. The van der Waals surface area contributed by atoms with Crippen molar-refractivity contribution in [2.45, 2.75) is 31.9 Å². The van der Waals surface area contributed by atoms with Gasteiger partial charge in [0.2, 0.25) is 5.91 Å². The van der Waals surface area contributed by atoms with Crippen molar-refractivity contribution in [3.05, 3.63) is 24.0 Å². The van der Waals surface area contributed by atoms with E-state index in [9.17, 15) is 13.4 Å². The van der Waals surface area contributed by atoms with Crippen LogP contribution in [0.3, 0.4) is 0 Å². The molecule has 4 nitrogen and oxygen atoms in total. The fourth-order valence-electron chi connectivity index (χ4n) is 1.46. The largest absolute Gasteiger partial charge is 0.399 e. The van der Waals surface area contributed by atoms with Crippen LogP contribution in [0, 0.1) is 5.82 Å². The van der Waals surface area contributed by atoms with Gasteiger partial charge in [-0.15, -0.1) is 0 Å². The van der Waals surface area contributed by atoms with Gasteiger partial charge in [-0.2, -0.15) is 0 Å². The third kappa shape index (κ3) is 5.38. The molecular weight excluding hydrogens is 267 g/mol. The van der Waals surface area contributed by atoms with Crippen LogP contribution in [0.2, 0.25) is 0 Å². The lowest BCUT2D eigenvalue weighted by Gasteiger charge is -2.08. The number of carbonyl (C=O) groups excluding carboxylic acids is 1. The minimum atomic E-state index is -0.917. The first-order chi connectivity index (χ1) is 8.90. The van der Waals surface area contributed by atoms with E-state index in [2.05, 4.69) is 5.32 Å². The van der Waals surface area contributed by atoms with Crippen molar-refractivity contribution in [3.63, 3.8) is 0 Å². The number of nitrogens with one attached hydrogen (secondary N) is 1. The lowest BCUT2D eigenvalue weighted by atomic mass is 10.2. The predicted octanol–water partition coefficient (Wildman–Crippen LogP) is 2.28. The molecule has 106 valence electrons. The van der Waals surface area contributed by atoms with Gasteiger partial charge in [0.1, 0.15) is 5.82 Å². The Hall–Kier alpha value is -1.43. The summed E-state index contributed by atoms with van der Waals surface area (Å²) in [7, 11) is -0.917. The minimum Gasteiger partial charge on any atom is -0.399 e. The zero-order valence-electron chi connectivity index (χ0n) is 11.1. The first-order valence-electron chi connectivity index (χ1n) is 6.12. The van der Waals surface area contributed by atoms with E-state index in [1.165, 1.54) is 18.2 Å². The standard InChI is InChI=1S/C13H19FN2O2S/c1-9(2)19(18)7-3-4-13(17)16-12-8-10(15)5-6-11(12)14/h5-6,8-9H,3-4,7,15H2,1-2H3,(H,16,17). The van der Waals surface area contributed by atoms with Gasteiger partial charge in [0.25, 0.3) is 0 Å². The molecule has 1 unspecified atom stereocenters. The number of benzene rings is 1. The topological polar surface area (TPSA) is 72.2 Å². The monoisotopic (exact) mass is 286 g/mol. The molecule has 0 aliphatic carbocycles. The average Bonchev–Trinajstić information content (AvgIpc) is 2.33. The molecular formula is C13H19FN2O2S. The average molecular weight is 286 g/mol. The molecule has 0 aliphatic rings. The van der Waals surface area contributed by atoms with E-state index < -0.39 is 16.6 Å². The normalized spacial score (nSPS) is 12.4. The molecule has 1 atom stereocenters. The molecule has 0 fully saturated rings. The molecule has 6 heteroatoms. The van der Waals surface area contributed by atoms with E-state index in [0.717, 1.165) is 0 Å². The summed E-state index contributed by atoms with van der Waals surface area (Å²) in [5.41, 5.74) is 5.98. The molecule has 1 aromatic rings. The highest BCUT2D eigenvalue weighted by Crippen LogP contribution is 2.17. The number of nitrogens with two attached hydrogens (primary N) is 1. The molecule has 0 bridgehead atoms. The molecule has 0 radical (unpaired) electrons. The predicted molar refractivity (Wildman–Crippen MR) is 76.8 cm³/mol. The Morgan fingerprint density at radius 1 is 1.47 bits per heavy atom. The number of nitrogen functional groups attached to an aromatic ring is 1. The zero-order chi connectivity index (χ0) is 14.4. The smallest absolute Gasteiger partial charge is 0.224 e. The van der Waals surface area contributed by atoms with Crippen molar-refractivity contribution in [1.82, 2.24) is 0 Å². The van der Waals surface area contributed by atoms with Crippen molar-refractivity contribution in [3.8, 4) is 0 Å².